The molecule has 348 valence electrons. The summed E-state index contributed by atoms with van der Waals surface area (Å²) in [4.78, 5) is 68.5. The summed E-state index contributed by atoms with van der Waals surface area (Å²) in [7, 11) is 1.69. The molecule has 5 aliphatic heterocycles. The van der Waals surface area contributed by atoms with Gasteiger partial charge in [0.05, 0.1) is 53.4 Å². The first kappa shape index (κ1) is 44.5. The van der Waals surface area contributed by atoms with E-state index in [2.05, 4.69) is 77.9 Å². The SMILES string of the molecule is CO[C@@H](C)c1ncc(C#CCN2CCN(C(C)=O)CC2)cc1-c1c2c3cc(cc4c3n1CCO4)-c1csc(n1)C[C@H](NC(=O)C1[C@@H](C)[C@H]1C)C(=O)N1N[C@H](C(=O)OCC(C)(C)C2)C2CC1C2. The number of benzene rings is 1. The number of piperazine rings is 1. The first-order chi connectivity index (χ1) is 31.7. The molecule has 16 heteroatoms. The van der Waals surface area contributed by atoms with Crippen LogP contribution >= 0.6 is 11.3 Å². The van der Waals surface area contributed by atoms with Crippen molar-refractivity contribution in [3.05, 3.63) is 51.6 Å². The molecule has 2 saturated carbocycles. The van der Waals surface area contributed by atoms with Crippen molar-refractivity contribution in [2.75, 3.05) is 53.0 Å². The van der Waals surface area contributed by atoms with Crippen LogP contribution in [0, 0.1) is 40.9 Å². The highest BCUT2D eigenvalue weighted by Crippen LogP contribution is 2.48. The number of hydrogen-bond donors (Lipinski definition) is 2. The lowest BCUT2D eigenvalue weighted by Crippen LogP contribution is -2.71. The predicted octanol–water partition coefficient (Wildman–Crippen LogP) is 4.99. The number of nitrogens with zero attached hydrogens (tertiary/aromatic N) is 6. The molecule has 2 N–H and O–H groups in total. The number of pyridine rings is 1. The summed E-state index contributed by atoms with van der Waals surface area (Å²) in [6.07, 6.45) is 3.61. The average molecular weight is 917 g/mol. The monoisotopic (exact) mass is 916 g/mol. The zero-order chi connectivity index (χ0) is 46.2. The smallest absolute Gasteiger partial charge is 0.325 e. The van der Waals surface area contributed by atoms with Gasteiger partial charge in [0, 0.05) is 97.7 Å². The third kappa shape index (κ3) is 8.26. The maximum atomic E-state index is 14.5. The van der Waals surface area contributed by atoms with Crippen LogP contribution in [0.4, 0.5) is 0 Å². The second-order valence-corrected chi connectivity index (χ2v) is 21.0. The quantitative estimate of drug-likeness (QED) is 0.198. The first-order valence-corrected chi connectivity index (χ1v) is 24.4. The zero-order valence-electron chi connectivity index (χ0n) is 38.9. The van der Waals surface area contributed by atoms with E-state index >= 15 is 0 Å². The number of methoxy groups -OCH3 is 1. The lowest BCUT2D eigenvalue weighted by Gasteiger charge is -2.53. The number of thiazole rings is 1. The van der Waals surface area contributed by atoms with Crippen LogP contribution in [-0.2, 0) is 48.0 Å². The van der Waals surface area contributed by atoms with Crippen molar-refractivity contribution in [3.8, 4) is 40.1 Å². The van der Waals surface area contributed by atoms with E-state index < -0.39 is 17.5 Å². The van der Waals surface area contributed by atoms with Crippen LogP contribution in [0.15, 0.2) is 29.8 Å². The number of hydrazine groups is 1. The maximum Gasteiger partial charge on any atom is 0.325 e. The maximum absolute atomic E-state index is 14.5. The van der Waals surface area contributed by atoms with Gasteiger partial charge in [0.15, 0.2) is 0 Å². The largest absolute Gasteiger partial charge is 0.489 e. The van der Waals surface area contributed by atoms with Gasteiger partial charge in [0.2, 0.25) is 11.8 Å². The molecule has 4 aromatic rings. The van der Waals surface area contributed by atoms with Gasteiger partial charge in [0.1, 0.15) is 24.4 Å². The Bertz CT molecular complexity index is 2660. The van der Waals surface area contributed by atoms with Gasteiger partial charge in [-0.05, 0) is 67.7 Å². The third-order valence-corrected chi connectivity index (χ3v) is 15.9. The highest BCUT2D eigenvalue weighted by molar-refractivity contribution is 7.10. The molecule has 1 unspecified atom stereocenters. The fourth-order valence-corrected chi connectivity index (χ4v) is 11.6. The molecule has 0 radical (unpaired) electrons. The first-order valence-electron chi connectivity index (χ1n) is 23.5. The van der Waals surface area contributed by atoms with Crippen molar-refractivity contribution in [2.45, 2.75) is 98.0 Å². The van der Waals surface area contributed by atoms with Gasteiger partial charge in [-0.1, -0.05) is 39.5 Å². The number of hydrogen-bond acceptors (Lipinski definition) is 12. The zero-order valence-corrected chi connectivity index (χ0v) is 39.8. The number of rotatable bonds is 6. The van der Waals surface area contributed by atoms with Gasteiger partial charge in [0.25, 0.3) is 5.91 Å². The van der Waals surface area contributed by atoms with E-state index in [0.717, 1.165) is 74.1 Å². The van der Waals surface area contributed by atoms with Gasteiger partial charge in [-0.2, -0.15) is 0 Å². The van der Waals surface area contributed by atoms with Crippen LogP contribution in [0.1, 0.15) is 82.3 Å². The molecule has 1 aromatic carbocycles. The van der Waals surface area contributed by atoms with Crippen LogP contribution in [0.25, 0.3) is 33.4 Å². The topological polar surface area (TPSA) is 160 Å². The summed E-state index contributed by atoms with van der Waals surface area (Å²) < 4.78 is 21.0. The molecule has 66 heavy (non-hydrogen) atoms. The standard InChI is InChI=1S/C50H60N8O7S/c1-27-28(2)42(27)47(60)53-38-22-41-52-39(25-66-41)32-20-35-37(23-50(5,6)26-65-49(62)44-33-18-34(19-33)58(54-44)48(38)61)45(57-15-16-64-40(21-32)46(35)57)36-17-31(24-51-43(36)29(3)63-7)9-8-10-55-11-13-56(14-12-55)30(4)59/h17,20-21,24-25,27-29,33-34,38,42,44,54H,10-16,18-19,22-23,26H2,1-7H3,(H,53,60)/t27-,28+,29-,33?,34?,38-,42?,44-/m0/s1. The van der Waals surface area contributed by atoms with Crippen LogP contribution in [0.5, 0.6) is 5.75 Å². The highest BCUT2D eigenvalue weighted by Gasteiger charge is 2.53. The molecule has 3 amide bonds. The van der Waals surface area contributed by atoms with Gasteiger partial charge < -0.3 is 29.0 Å². The van der Waals surface area contributed by atoms with Crippen LogP contribution in [0.3, 0.4) is 0 Å². The molecule has 6 atom stereocenters. The lowest BCUT2D eigenvalue weighted by molar-refractivity contribution is -0.171. The third-order valence-electron chi connectivity index (χ3n) is 15.0. The van der Waals surface area contributed by atoms with E-state index in [0.29, 0.717) is 52.0 Å². The molecule has 3 aromatic heterocycles. The second-order valence-electron chi connectivity index (χ2n) is 20.1. The molecule has 2 aliphatic carbocycles. The molecule has 8 heterocycles. The lowest BCUT2D eigenvalue weighted by atomic mass is 9.73. The molecule has 0 spiro atoms. The molecule has 15 nitrogen and oxygen atoms in total. The Balaban J connectivity index is 1.07. The van der Waals surface area contributed by atoms with Crippen molar-refractivity contribution in [1.82, 2.24) is 40.1 Å². The summed E-state index contributed by atoms with van der Waals surface area (Å²) in [5.74, 6) is 7.24. The van der Waals surface area contributed by atoms with Gasteiger partial charge in [-0.3, -0.25) is 34.1 Å². The Hall–Kier alpha value is -5.34. The van der Waals surface area contributed by atoms with E-state index in [1.165, 1.54) is 11.3 Å². The van der Waals surface area contributed by atoms with Gasteiger partial charge in [-0.25, -0.2) is 10.4 Å². The summed E-state index contributed by atoms with van der Waals surface area (Å²) in [5, 5.41) is 8.45. The van der Waals surface area contributed by atoms with Crippen molar-refractivity contribution in [2.24, 2.45) is 29.1 Å². The number of nitrogens with one attached hydrogen (secondary N) is 2. The number of amides is 3. The number of aromatic nitrogens is 3. The Morgan fingerprint density at radius 3 is 2.58 bits per heavy atom. The Morgan fingerprint density at radius 2 is 1.85 bits per heavy atom. The molecular formula is C50H60N8O7S. The molecule has 3 saturated heterocycles. The molecule has 8 bridgehead atoms. The Morgan fingerprint density at radius 1 is 1.08 bits per heavy atom. The van der Waals surface area contributed by atoms with Crippen LogP contribution in [0.2, 0.25) is 0 Å². The molecular weight excluding hydrogens is 857 g/mol. The van der Waals surface area contributed by atoms with Crippen LogP contribution < -0.4 is 15.5 Å². The number of esters is 1. The Kier molecular flexibility index (Phi) is 11.7. The van der Waals surface area contributed by atoms with Gasteiger partial charge in [-0.15, -0.1) is 11.3 Å². The second kappa shape index (κ2) is 17.4. The minimum atomic E-state index is -0.868. The van der Waals surface area contributed by atoms with Crippen molar-refractivity contribution in [1.29, 1.82) is 0 Å². The molecule has 7 aliphatic rings. The average Bonchev–Trinajstić information content (AvgIpc) is 3.55. The summed E-state index contributed by atoms with van der Waals surface area (Å²) in [6, 6.07) is 4.73. The van der Waals surface area contributed by atoms with Crippen molar-refractivity contribution < 1.29 is 33.4 Å². The minimum absolute atomic E-state index is 0.0482. The van der Waals surface area contributed by atoms with E-state index in [4.69, 9.17) is 24.2 Å². The number of ether oxygens (including phenoxy) is 3. The van der Waals surface area contributed by atoms with E-state index in [1.54, 1.807) is 19.0 Å². The summed E-state index contributed by atoms with van der Waals surface area (Å²) >= 11 is 1.47. The highest BCUT2D eigenvalue weighted by atomic mass is 32.1. The minimum Gasteiger partial charge on any atom is -0.489 e. The van der Waals surface area contributed by atoms with Crippen molar-refractivity contribution >= 4 is 45.9 Å². The summed E-state index contributed by atoms with van der Waals surface area (Å²) in [6.45, 7) is 16.7. The van der Waals surface area contributed by atoms with Crippen molar-refractivity contribution in [3.63, 3.8) is 0 Å². The predicted molar refractivity (Wildman–Crippen MR) is 249 cm³/mol. The number of carbonyl (C=O) groups is 4. The van der Waals surface area contributed by atoms with Crippen LogP contribution in [-0.4, -0.2) is 124 Å². The Labute approximate surface area is 389 Å². The number of carbonyl (C=O) groups excluding carboxylic acids is 4. The molecule has 11 rings (SSSR count). The number of fused-ring (bicyclic) bond motifs is 4. The number of cyclic esters (lactones) is 1. The summed E-state index contributed by atoms with van der Waals surface area (Å²) in [5.41, 5.74) is 9.86. The van der Waals surface area contributed by atoms with E-state index in [-0.39, 0.29) is 72.5 Å². The molecule has 5 fully saturated rings. The van der Waals surface area contributed by atoms with E-state index in [9.17, 15) is 19.2 Å². The fourth-order valence-electron chi connectivity index (χ4n) is 10.7. The van der Waals surface area contributed by atoms with E-state index in [1.807, 2.05) is 23.4 Å². The fraction of sp³-hybridized carbons (Fsp3) is 0.560. The normalized spacial score (nSPS) is 27.4. The van der Waals surface area contributed by atoms with Gasteiger partial charge >= 0.3 is 5.97 Å².